The van der Waals surface area contributed by atoms with Gasteiger partial charge >= 0.3 is 0 Å². The van der Waals surface area contributed by atoms with Crippen molar-refractivity contribution in [3.63, 3.8) is 0 Å². The fourth-order valence-electron chi connectivity index (χ4n) is 0.761. The molecular weight excluding hydrogens is 146 g/mol. The second kappa shape index (κ2) is 2.57. The van der Waals surface area contributed by atoms with Gasteiger partial charge in [0.2, 0.25) is 0 Å². The van der Waals surface area contributed by atoms with Crippen molar-refractivity contribution in [1.82, 2.24) is 0 Å². The summed E-state index contributed by atoms with van der Waals surface area (Å²) in [5, 5.41) is 20.9. The van der Waals surface area contributed by atoms with Crippen LogP contribution in [0.4, 0.5) is 0 Å². The summed E-state index contributed by atoms with van der Waals surface area (Å²) in [7, 11) is 0. The molecule has 0 aliphatic carbocycles. The number of aryl methyl sites for hydroxylation is 1. The Morgan fingerprint density at radius 3 is 2.73 bits per heavy atom. The van der Waals surface area contributed by atoms with Crippen LogP contribution in [0, 0.1) is 12.1 Å². The van der Waals surface area contributed by atoms with Crippen LogP contribution in [0.3, 0.4) is 0 Å². The molecule has 4 nitrogen and oxygen atoms in total. The Morgan fingerprint density at radius 1 is 1.64 bits per heavy atom. The monoisotopic (exact) mass is 152 g/mol. The summed E-state index contributed by atoms with van der Waals surface area (Å²) in [5.41, 5.74) is 0.458. The Kier molecular flexibility index (Phi) is 1.76. The van der Waals surface area contributed by atoms with E-state index in [1.165, 1.54) is 12.3 Å². The van der Waals surface area contributed by atoms with Crippen LogP contribution >= 0.6 is 0 Å². The van der Waals surface area contributed by atoms with Gasteiger partial charge in [0.1, 0.15) is 0 Å². The number of carboxylic acid groups (broad SMARTS) is 1. The zero-order valence-corrected chi connectivity index (χ0v) is 5.90. The number of pyridine rings is 1. The molecule has 1 rings (SSSR count). The van der Waals surface area contributed by atoms with Crippen molar-refractivity contribution >= 4 is 5.97 Å². The molecule has 0 bridgehead atoms. The highest BCUT2D eigenvalue weighted by molar-refractivity contribution is 5.86. The standard InChI is InChI=1S/C7H7NO3/c1-5-2-3-8(11)4-6(5)7(9)10/h2-4H,1H3,(H,9,10)/p-1. The number of hydrogen-bond acceptors (Lipinski definition) is 3. The highest BCUT2D eigenvalue weighted by atomic mass is 16.5. The molecule has 0 N–H and O–H groups in total. The first kappa shape index (κ1) is 7.53. The molecule has 0 aliphatic heterocycles. The normalized spacial score (nSPS) is 9.55. The lowest BCUT2D eigenvalue weighted by molar-refractivity contribution is -0.605. The van der Waals surface area contributed by atoms with Crippen LogP contribution < -0.4 is 9.84 Å². The Morgan fingerprint density at radius 2 is 2.27 bits per heavy atom. The molecule has 0 amide bonds. The first-order valence-electron chi connectivity index (χ1n) is 3.02. The summed E-state index contributed by atoms with van der Waals surface area (Å²) in [5.74, 6) is -1.33. The predicted octanol–water partition coefficient (Wildman–Crippen LogP) is -1.01. The maximum absolute atomic E-state index is 10.6. The summed E-state index contributed by atoms with van der Waals surface area (Å²) in [4.78, 5) is 10.3. The molecule has 0 saturated carbocycles. The van der Waals surface area contributed by atoms with Crippen molar-refractivity contribution in [3.8, 4) is 0 Å². The van der Waals surface area contributed by atoms with Gasteiger partial charge in [0.25, 0.3) is 0 Å². The van der Waals surface area contributed by atoms with Gasteiger partial charge < -0.3 is 15.1 Å². The topological polar surface area (TPSA) is 67.1 Å². The molecule has 0 spiro atoms. The zero-order chi connectivity index (χ0) is 8.43. The van der Waals surface area contributed by atoms with Crippen molar-refractivity contribution in [1.29, 1.82) is 0 Å². The maximum Gasteiger partial charge on any atom is 0.189 e. The number of carbonyl (C=O) groups is 1. The quantitative estimate of drug-likeness (QED) is 0.382. The van der Waals surface area contributed by atoms with Gasteiger partial charge in [0.15, 0.2) is 12.4 Å². The van der Waals surface area contributed by atoms with E-state index >= 15 is 0 Å². The molecule has 11 heavy (non-hydrogen) atoms. The summed E-state index contributed by atoms with van der Waals surface area (Å²) in [6, 6.07) is 1.43. The van der Waals surface area contributed by atoms with Gasteiger partial charge in [-0.25, -0.2) is 0 Å². The first-order valence-corrected chi connectivity index (χ1v) is 3.02. The summed E-state index contributed by atoms with van der Waals surface area (Å²) in [6.45, 7) is 1.60. The van der Waals surface area contributed by atoms with E-state index in [-0.39, 0.29) is 5.56 Å². The lowest BCUT2D eigenvalue weighted by Gasteiger charge is -2.04. The highest BCUT2D eigenvalue weighted by Gasteiger charge is 2.02. The largest absolute Gasteiger partial charge is 0.619 e. The third kappa shape index (κ3) is 1.46. The molecule has 0 unspecified atom stereocenters. The summed E-state index contributed by atoms with van der Waals surface area (Å²) < 4.78 is 0.429. The number of nitrogens with zero attached hydrogens (tertiary/aromatic N) is 1. The lowest BCUT2D eigenvalue weighted by Crippen LogP contribution is -2.31. The zero-order valence-electron chi connectivity index (χ0n) is 5.90. The number of rotatable bonds is 1. The Labute approximate surface area is 63.3 Å². The summed E-state index contributed by atoms with van der Waals surface area (Å²) in [6.07, 6.45) is 2.21. The fourth-order valence-corrected chi connectivity index (χ4v) is 0.761. The lowest BCUT2D eigenvalue weighted by atomic mass is 10.2. The highest BCUT2D eigenvalue weighted by Crippen LogP contribution is 2.00. The second-order valence-electron chi connectivity index (χ2n) is 2.19. The molecule has 0 aromatic carbocycles. The van der Waals surface area contributed by atoms with E-state index in [0.717, 1.165) is 6.20 Å². The molecule has 0 atom stereocenters. The van der Waals surface area contributed by atoms with Crippen molar-refractivity contribution in [2.45, 2.75) is 6.92 Å². The number of carboxylic acids is 1. The molecule has 0 fully saturated rings. The molecule has 0 radical (unpaired) electrons. The molecular formula is C7H6NO3-. The molecule has 1 aromatic heterocycles. The van der Waals surface area contributed by atoms with Crippen molar-refractivity contribution in [2.75, 3.05) is 0 Å². The molecule has 1 heterocycles. The third-order valence-electron chi connectivity index (χ3n) is 1.37. The molecule has 1 aromatic rings. The van der Waals surface area contributed by atoms with Gasteiger partial charge in [-0.05, 0) is 12.5 Å². The van der Waals surface area contributed by atoms with Crippen molar-refractivity contribution < 1.29 is 14.6 Å². The van der Waals surface area contributed by atoms with Crippen molar-refractivity contribution in [2.24, 2.45) is 0 Å². The van der Waals surface area contributed by atoms with E-state index in [2.05, 4.69) is 0 Å². The van der Waals surface area contributed by atoms with Gasteiger partial charge in [-0.3, -0.25) is 0 Å². The van der Waals surface area contributed by atoms with Gasteiger partial charge in [0.05, 0.1) is 11.5 Å². The van der Waals surface area contributed by atoms with Gasteiger partial charge in [-0.15, -0.1) is 0 Å². The van der Waals surface area contributed by atoms with Crippen LogP contribution in [-0.4, -0.2) is 5.97 Å². The van der Waals surface area contributed by atoms with E-state index in [4.69, 9.17) is 0 Å². The number of hydrogen-bond donors (Lipinski definition) is 0. The van der Waals surface area contributed by atoms with Crippen LogP contribution in [0.5, 0.6) is 0 Å². The minimum atomic E-state index is -1.33. The summed E-state index contributed by atoms with van der Waals surface area (Å²) >= 11 is 0. The van der Waals surface area contributed by atoms with Crippen LogP contribution in [0.2, 0.25) is 0 Å². The van der Waals surface area contributed by atoms with Gasteiger partial charge in [0, 0.05) is 6.07 Å². The Balaban J connectivity index is 3.23. The number of aromatic nitrogens is 1. The van der Waals surface area contributed by atoms with Crippen LogP contribution in [0.1, 0.15) is 15.9 Å². The minimum absolute atomic E-state index is 0.0671. The molecule has 0 aliphatic rings. The minimum Gasteiger partial charge on any atom is -0.619 e. The van der Waals surface area contributed by atoms with Crippen LogP contribution in [-0.2, 0) is 0 Å². The van der Waals surface area contributed by atoms with E-state index in [1.807, 2.05) is 0 Å². The average Bonchev–Trinajstić information content (AvgIpc) is 1.94. The second-order valence-corrected chi connectivity index (χ2v) is 2.19. The van der Waals surface area contributed by atoms with Gasteiger partial charge in [-0.2, -0.15) is 4.73 Å². The van der Waals surface area contributed by atoms with E-state index in [9.17, 15) is 15.1 Å². The fraction of sp³-hybridized carbons (Fsp3) is 0.143. The first-order chi connectivity index (χ1) is 5.11. The molecule has 0 saturated heterocycles. The maximum atomic E-state index is 10.6. The van der Waals surface area contributed by atoms with E-state index in [0.29, 0.717) is 10.3 Å². The van der Waals surface area contributed by atoms with E-state index < -0.39 is 5.97 Å². The Bertz CT molecular complexity index is 296. The van der Waals surface area contributed by atoms with Gasteiger partial charge in [-0.1, -0.05) is 0 Å². The Hall–Kier alpha value is -1.58. The van der Waals surface area contributed by atoms with Crippen molar-refractivity contribution in [3.05, 3.63) is 34.8 Å². The average molecular weight is 152 g/mol. The van der Waals surface area contributed by atoms with Crippen LogP contribution in [0.25, 0.3) is 0 Å². The number of aromatic carboxylic acids is 1. The molecule has 4 heteroatoms. The van der Waals surface area contributed by atoms with E-state index in [1.54, 1.807) is 6.92 Å². The number of carbonyl (C=O) groups excluding carboxylic acids is 1. The van der Waals surface area contributed by atoms with Crippen LogP contribution in [0.15, 0.2) is 18.5 Å². The molecule has 58 valence electrons. The SMILES string of the molecule is Cc1cc[n+]([O-])cc1C(=O)[O-]. The third-order valence-corrected chi connectivity index (χ3v) is 1.37. The predicted molar refractivity (Wildman–Crippen MR) is 34.5 cm³/mol. The smallest absolute Gasteiger partial charge is 0.189 e.